The number of carbonyl (C=O) groups is 2. The van der Waals surface area contributed by atoms with Crippen LogP contribution in [0.5, 0.6) is 0 Å². The monoisotopic (exact) mass is 667 g/mol. The molecule has 4 aromatic rings. The lowest BCUT2D eigenvalue weighted by atomic mass is 9.91. The van der Waals surface area contributed by atoms with Gasteiger partial charge in [0.15, 0.2) is 6.29 Å². The van der Waals surface area contributed by atoms with Crippen molar-refractivity contribution < 1.29 is 24.2 Å². The molecule has 0 bridgehead atoms. The Morgan fingerprint density at radius 2 is 1.60 bits per heavy atom. The fourth-order valence-electron chi connectivity index (χ4n) is 5.82. The van der Waals surface area contributed by atoms with E-state index in [9.17, 15) is 14.7 Å². The van der Waals surface area contributed by atoms with Crippen LogP contribution in [0.1, 0.15) is 74.2 Å². The van der Waals surface area contributed by atoms with Gasteiger partial charge in [-0.25, -0.2) is 4.98 Å². The van der Waals surface area contributed by atoms with Crippen molar-refractivity contribution in [1.82, 2.24) is 15.6 Å². The quantitative estimate of drug-likeness (QED) is 0.0914. The molecule has 0 aliphatic carbocycles. The summed E-state index contributed by atoms with van der Waals surface area (Å²) in [6, 6.07) is 30.3. The van der Waals surface area contributed by atoms with Gasteiger partial charge in [0.25, 0.3) is 0 Å². The number of thioether (sulfide) groups is 1. The molecule has 1 aromatic heterocycles. The van der Waals surface area contributed by atoms with Crippen LogP contribution in [0.4, 0.5) is 0 Å². The topological polar surface area (TPSA) is 110 Å². The van der Waals surface area contributed by atoms with Crippen molar-refractivity contribution in [3.8, 4) is 11.1 Å². The number of carbonyl (C=O) groups excluding carboxylic acids is 2. The number of hydrogen-bond acceptors (Lipinski definition) is 7. The van der Waals surface area contributed by atoms with Crippen molar-refractivity contribution in [1.29, 1.82) is 0 Å². The van der Waals surface area contributed by atoms with Gasteiger partial charge < -0.3 is 25.2 Å². The van der Waals surface area contributed by atoms with Crippen molar-refractivity contribution in [2.45, 2.75) is 76.2 Å². The van der Waals surface area contributed by atoms with Crippen LogP contribution in [-0.4, -0.2) is 40.3 Å². The lowest BCUT2D eigenvalue weighted by Gasteiger charge is -2.41. The summed E-state index contributed by atoms with van der Waals surface area (Å²) in [6.45, 7) is 4.77. The molecular weight excluding hydrogens is 623 g/mol. The minimum Gasteiger partial charge on any atom is -0.392 e. The van der Waals surface area contributed by atoms with Gasteiger partial charge in [0.1, 0.15) is 0 Å². The lowest BCUT2D eigenvalue weighted by Crippen LogP contribution is -2.38. The highest BCUT2D eigenvalue weighted by Gasteiger charge is 2.38. The van der Waals surface area contributed by atoms with Gasteiger partial charge in [0, 0.05) is 49.9 Å². The van der Waals surface area contributed by atoms with E-state index in [1.165, 1.54) is 6.92 Å². The number of aromatic nitrogens is 1. The van der Waals surface area contributed by atoms with Crippen molar-refractivity contribution in [3.05, 3.63) is 119 Å². The zero-order valence-electron chi connectivity index (χ0n) is 27.6. The van der Waals surface area contributed by atoms with Gasteiger partial charge in [-0.2, -0.15) is 0 Å². The molecule has 1 fully saturated rings. The predicted octanol–water partition coefficient (Wildman–Crippen LogP) is 7.14. The van der Waals surface area contributed by atoms with Crippen LogP contribution in [0.25, 0.3) is 11.1 Å². The maximum absolute atomic E-state index is 12.5. The second-order valence-electron chi connectivity index (χ2n) is 12.2. The minimum absolute atomic E-state index is 0.000404. The molecule has 1 aliphatic rings. The standard InChI is InChI=1S/C39H45N3O5S/c1-27-35(26-48-37-13-7-9-23-41-37)46-39(47-38(27)31-16-14-29(25-43)15-17-31)32-20-18-30(19-21-32)34-11-6-5-10-33(34)24-42-36(45)12-4-3-8-22-40-28(2)44/h5-7,9-11,13-21,23,27,35,38-39,43H,3-4,8,12,22,24-26H2,1-2H3,(H,40,44)(H,42,45)/t27-,35+,38+,39+/m1/s1. The Bertz CT molecular complexity index is 1600. The number of hydrogen-bond donors (Lipinski definition) is 3. The van der Waals surface area contributed by atoms with E-state index in [0.717, 1.165) is 63.4 Å². The number of aliphatic hydroxyl groups excluding tert-OH is 1. The lowest BCUT2D eigenvalue weighted by molar-refractivity contribution is -0.268. The molecule has 0 saturated carbocycles. The zero-order chi connectivity index (χ0) is 33.7. The van der Waals surface area contributed by atoms with Crippen LogP contribution in [0.3, 0.4) is 0 Å². The van der Waals surface area contributed by atoms with E-state index in [1.807, 2.05) is 60.7 Å². The Balaban J connectivity index is 1.25. The number of pyridine rings is 1. The molecular formula is C39H45N3O5S. The molecule has 9 heteroatoms. The minimum atomic E-state index is -0.556. The van der Waals surface area contributed by atoms with Crippen LogP contribution in [0, 0.1) is 5.92 Å². The zero-order valence-corrected chi connectivity index (χ0v) is 28.5. The van der Waals surface area contributed by atoms with Crippen molar-refractivity contribution >= 4 is 23.6 Å². The van der Waals surface area contributed by atoms with Crippen LogP contribution in [0.2, 0.25) is 0 Å². The second-order valence-corrected chi connectivity index (χ2v) is 13.2. The summed E-state index contributed by atoms with van der Waals surface area (Å²) in [5.41, 5.74) is 6.00. The summed E-state index contributed by atoms with van der Waals surface area (Å²) >= 11 is 1.68. The van der Waals surface area contributed by atoms with E-state index in [2.05, 4.69) is 52.9 Å². The molecule has 4 atom stereocenters. The Labute approximate surface area is 287 Å². The van der Waals surface area contributed by atoms with Crippen LogP contribution >= 0.6 is 11.8 Å². The summed E-state index contributed by atoms with van der Waals surface area (Å²) in [5, 5.41) is 16.4. The van der Waals surface area contributed by atoms with E-state index in [0.29, 0.717) is 19.5 Å². The third-order valence-electron chi connectivity index (χ3n) is 8.60. The Morgan fingerprint density at radius 1 is 0.854 bits per heavy atom. The Morgan fingerprint density at radius 3 is 2.33 bits per heavy atom. The summed E-state index contributed by atoms with van der Waals surface area (Å²) in [7, 11) is 0. The number of rotatable bonds is 15. The first kappa shape index (κ1) is 35.3. The highest BCUT2D eigenvalue weighted by atomic mass is 32.2. The average Bonchev–Trinajstić information content (AvgIpc) is 3.12. The number of unbranched alkanes of at least 4 members (excludes halogenated alkanes) is 2. The van der Waals surface area contributed by atoms with Gasteiger partial charge in [-0.3, -0.25) is 9.59 Å². The van der Waals surface area contributed by atoms with E-state index in [-0.39, 0.29) is 36.5 Å². The summed E-state index contributed by atoms with van der Waals surface area (Å²) in [6.07, 6.45) is 3.99. The first-order chi connectivity index (χ1) is 23.4. The fraction of sp³-hybridized carbons (Fsp3) is 0.359. The number of aliphatic hydroxyl groups is 1. The SMILES string of the molecule is CC(=O)NCCCCCC(=O)NCc1ccccc1-c1ccc([C@H]2O[C@@H](CSc3ccccn3)[C@@H](C)[C@@H](c3ccc(CO)cc3)O2)cc1. The maximum Gasteiger partial charge on any atom is 0.220 e. The molecule has 8 nitrogen and oxygen atoms in total. The number of amides is 2. The van der Waals surface area contributed by atoms with E-state index in [1.54, 1.807) is 18.0 Å². The molecule has 1 saturated heterocycles. The first-order valence-electron chi connectivity index (χ1n) is 16.6. The molecule has 3 aromatic carbocycles. The normalized spacial score (nSPS) is 19.1. The Hall–Kier alpha value is -4.02. The van der Waals surface area contributed by atoms with Gasteiger partial charge in [-0.1, -0.05) is 92.2 Å². The Kier molecular flexibility index (Phi) is 13.2. The second kappa shape index (κ2) is 17.9. The molecule has 48 heavy (non-hydrogen) atoms. The largest absolute Gasteiger partial charge is 0.392 e. The molecule has 0 spiro atoms. The van der Waals surface area contributed by atoms with Crippen molar-refractivity contribution in [3.63, 3.8) is 0 Å². The molecule has 0 radical (unpaired) electrons. The van der Waals surface area contributed by atoms with E-state index >= 15 is 0 Å². The first-order valence-corrected chi connectivity index (χ1v) is 17.6. The maximum atomic E-state index is 12.5. The van der Waals surface area contributed by atoms with Crippen molar-refractivity contribution in [2.75, 3.05) is 12.3 Å². The van der Waals surface area contributed by atoms with Gasteiger partial charge in [-0.05, 0) is 52.8 Å². The van der Waals surface area contributed by atoms with Gasteiger partial charge in [-0.15, -0.1) is 11.8 Å². The van der Waals surface area contributed by atoms with Crippen LogP contribution < -0.4 is 10.6 Å². The molecule has 0 unspecified atom stereocenters. The molecule has 1 aliphatic heterocycles. The molecule has 5 rings (SSSR count). The van der Waals surface area contributed by atoms with Gasteiger partial charge >= 0.3 is 0 Å². The molecule has 2 amide bonds. The smallest absolute Gasteiger partial charge is 0.220 e. The summed E-state index contributed by atoms with van der Waals surface area (Å²) < 4.78 is 13.3. The number of nitrogens with zero attached hydrogens (tertiary/aromatic N) is 1. The number of ether oxygens (including phenoxy) is 2. The third kappa shape index (κ3) is 10.00. The van der Waals surface area contributed by atoms with Gasteiger partial charge in [0.05, 0.1) is 23.8 Å². The average molecular weight is 668 g/mol. The van der Waals surface area contributed by atoms with Crippen molar-refractivity contribution in [2.24, 2.45) is 5.92 Å². The number of nitrogens with one attached hydrogen (secondary N) is 2. The molecule has 2 heterocycles. The van der Waals surface area contributed by atoms with Crippen LogP contribution in [-0.2, 0) is 32.2 Å². The summed E-state index contributed by atoms with van der Waals surface area (Å²) in [4.78, 5) is 28.0. The highest BCUT2D eigenvalue weighted by molar-refractivity contribution is 7.99. The third-order valence-corrected chi connectivity index (χ3v) is 9.63. The number of benzene rings is 3. The van der Waals surface area contributed by atoms with E-state index < -0.39 is 6.29 Å². The molecule has 252 valence electrons. The highest BCUT2D eigenvalue weighted by Crippen LogP contribution is 2.43. The fourth-order valence-corrected chi connectivity index (χ4v) is 6.85. The van der Waals surface area contributed by atoms with Crippen LogP contribution in [0.15, 0.2) is 102 Å². The van der Waals surface area contributed by atoms with Gasteiger partial charge in [0.2, 0.25) is 11.8 Å². The molecule has 3 N–H and O–H groups in total. The summed E-state index contributed by atoms with van der Waals surface area (Å²) in [5.74, 6) is 0.818. The van der Waals surface area contributed by atoms with E-state index in [4.69, 9.17) is 9.47 Å². The predicted molar refractivity (Wildman–Crippen MR) is 189 cm³/mol.